The molecule has 7 heteroatoms. The maximum atomic E-state index is 12.0. The second-order valence-electron chi connectivity index (χ2n) is 4.86. The van der Waals surface area contributed by atoms with Gasteiger partial charge in [0.25, 0.3) is 11.5 Å². The summed E-state index contributed by atoms with van der Waals surface area (Å²) in [6.45, 7) is 0.525. The molecule has 2 rings (SSSR count). The standard InChI is InChI=1S/C12H18N4O3/c13-6-7-3-1-2-4-8(7)14-11(18)9-5-10(17)16-12(19)15-9/h5,7-8H,1-4,6,13H2,(H,14,18)(H2,15,16,17,19). The van der Waals surface area contributed by atoms with E-state index in [0.717, 1.165) is 31.7 Å². The first-order valence-corrected chi connectivity index (χ1v) is 6.44. The lowest BCUT2D eigenvalue weighted by atomic mass is 9.84. The number of amides is 1. The molecule has 2 unspecified atom stereocenters. The molecule has 1 amide bonds. The molecular weight excluding hydrogens is 248 g/mol. The summed E-state index contributed by atoms with van der Waals surface area (Å²) in [4.78, 5) is 38.6. The number of hydrogen-bond acceptors (Lipinski definition) is 4. The average molecular weight is 266 g/mol. The lowest BCUT2D eigenvalue weighted by molar-refractivity contribution is 0.0902. The van der Waals surface area contributed by atoms with E-state index in [-0.39, 0.29) is 17.7 Å². The predicted molar refractivity (Wildman–Crippen MR) is 70.0 cm³/mol. The van der Waals surface area contributed by atoms with Gasteiger partial charge in [-0.1, -0.05) is 12.8 Å². The Bertz CT molecular complexity index is 534. The Kier molecular flexibility index (Phi) is 4.16. The topological polar surface area (TPSA) is 121 Å². The first-order chi connectivity index (χ1) is 9.10. The van der Waals surface area contributed by atoms with Crippen molar-refractivity contribution in [2.24, 2.45) is 11.7 Å². The SMILES string of the molecule is NCC1CCCCC1NC(=O)c1cc(=O)[nH]c(=O)[nH]1. The third kappa shape index (κ3) is 3.31. The molecule has 1 saturated carbocycles. The lowest BCUT2D eigenvalue weighted by Gasteiger charge is -2.31. The minimum absolute atomic E-state index is 0.00837. The van der Waals surface area contributed by atoms with E-state index in [1.165, 1.54) is 0 Å². The molecule has 1 fully saturated rings. The van der Waals surface area contributed by atoms with Crippen molar-refractivity contribution < 1.29 is 4.79 Å². The molecule has 1 aliphatic rings. The van der Waals surface area contributed by atoms with Crippen LogP contribution in [0.5, 0.6) is 0 Å². The third-order valence-corrected chi connectivity index (χ3v) is 3.53. The van der Waals surface area contributed by atoms with Crippen LogP contribution in [0.3, 0.4) is 0 Å². The maximum absolute atomic E-state index is 12.0. The van der Waals surface area contributed by atoms with Crippen molar-refractivity contribution >= 4 is 5.91 Å². The van der Waals surface area contributed by atoms with Crippen molar-refractivity contribution in [3.63, 3.8) is 0 Å². The van der Waals surface area contributed by atoms with Crippen molar-refractivity contribution in [1.82, 2.24) is 15.3 Å². The molecule has 5 N–H and O–H groups in total. The summed E-state index contributed by atoms with van der Waals surface area (Å²) in [6, 6.07) is 1.09. The highest BCUT2D eigenvalue weighted by Gasteiger charge is 2.25. The number of rotatable bonds is 3. The lowest BCUT2D eigenvalue weighted by Crippen LogP contribution is -2.45. The smallest absolute Gasteiger partial charge is 0.326 e. The van der Waals surface area contributed by atoms with E-state index in [2.05, 4.69) is 10.3 Å². The van der Waals surface area contributed by atoms with Gasteiger partial charge in [-0.25, -0.2) is 4.79 Å². The Labute approximate surface area is 109 Å². The van der Waals surface area contributed by atoms with Crippen LogP contribution >= 0.6 is 0 Å². The quantitative estimate of drug-likeness (QED) is 0.578. The highest BCUT2D eigenvalue weighted by atomic mass is 16.2. The van der Waals surface area contributed by atoms with Gasteiger partial charge in [0.1, 0.15) is 5.69 Å². The average Bonchev–Trinajstić information content (AvgIpc) is 2.38. The summed E-state index contributed by atoms with van der Waals surface area (Å²) < 4.78 is 0. The molecular formula is C12H18N4O3. The fraction of sp³-hybridized carbons (Fsp3) is 0.583. The van der Waals surface area contributed by atoms with Crippen LogP contribution < -0.4 is 22.3 Å². The van der Waals surface area contributed by atoms with Crippen LogP contribution in [0.25, 0.3) is 0 Å². The summed E-state index contributed by atoms with van der Waals surface area (Å²) in [5, 5.41) is 2.85. The van der Waals surface area contributed by atoms with Gasteiger partial charge >= 0.3 is 5.69 Å². The Morgan fingerprint density at radius 1 is 1.32 bits per heavy atom. The van der Waals surface area contributed by atoms with E-state index >= 15 is 0 Å². The summed E-state index contributed by atoms with van der Waals surface area (Å²) in [7, 11) is 0. The Hall–Kier alpha value is -1.89. The second-order valence-corrected chi connectivity index (χ2v) is 4.86. The van der Waals surface area contributed by atoms with Gasteiger partial charge in [-0.2, -0.15) is 0 Å². The monoisotopic (exact) mass is 266 g/mol. The van der Waals surface area contributed by atoms with Gasteiger partial charge in [0.05, 0.1) is 0 Å². The van der Waals surface area contributed by atoms with Crippen molar-refractivity contribution in [3.8, 4) is 0 Å². The zero-order chi connectivity index (χ0) is 13.8. The number of nitrogens with two attached hydrogens (primary N) is 1. The van der Waals surface area contributed by atoms with E-state index in [9.17, 15) is 14.4 Å². The number of aromatic amines is 2. The summed E-state index contributed by atoms with van der Waals surface area (Å²) in [5.74, 6) is -0.181. The molecule has 1 aliphatic carbocycles. The zero-order valence-electron chi connectivity index (χ0n) is 10.6. The minimum atomic E-state index is -0.684. The van der Waals surface area contributed by atoms with Gasteiger partial charge in [0.15, 0.2) is 0 Å². The van der Waals surface area contributed by atoms with Gasteiger partial charge in [-0.3, -0.25) is 14.6 Å². The molecule has 104 valence electrons. The van der Waals surface area contributed by atoms with E-state index in [1.54, 1.807) is 0 Å². The Morgan fingerprint density at radius 2 is 2.05 bits per heavy atom. The zero-order valence-corrected chi connectivity index (χ0v) is 10.6. The molecule has 0 aromatic carbocycles. The van der Waals surface area contributed by atoms with Crippen LogP contribution in [0, 0.1) is 5.92 Å². The van der Waals surface area contributed by atoms with Crippen LogP contribution in [0.2, 0.25) is 0 Å². The number of carbonyl (C=O) groups is 1. The Morgan fingerprint density at radius 3 is 2.74 bits per heavy atom. The molecule has 0 bridgehead atoms. The van der Waals surface area contributed by atoms with Crippen LogP contribution in [-0.4, -0.2) is 28.5 Å². The van der Waals surface area contributed by atoms with Crippen molar-refractivity contribution in [2.45, 2.75) is 31.7 Å². The number of carbonyl (C=O) groups excluding carboxylic acids is 1. The number of hydrogen-bond donors (Lipinski definition) is 4. The van der Waals surface area contributed by atoms with Gasteiger partial charge in [0.2, 0.25) is 0 Å². The first kappa shape index (κ1) is 13.5. The molecule has 7 nitrogen and oxygen atoms in total. The molecule has 0 saturated heterocycles. The molecule has 0 aliphatic heterocycles. The summed E-state index contributed by atoms with van der Waals surface area (Å²) in [6.07, 6.45) is 4.04. The van der Waals surface area contributed by atoms with E-state index in [1.807, 2.05) is 4.98 Å². The van der Waals surface area contributed by atoms with Crippen LogP contribution in [0.15, 0.2) is 15.7 Å². The molecule has 0 spiro atoms. The largest absolute Gasteiger partial charge is 0.348 e. The van der Waals surface area contributed by atoms with Crippen molar-refractivity contribution in [2.75, 3.05) is 6.54 Å². The molecule has 0 radical (unpaired) electrons. The van der Waals surface area contributed by atoms with E-state index < -0.39 is 17.2 Å². The molecule has 1 aromatic heterocycles. The van der Waals surface area contributed by atoms with Crippen molar-refractivity contribution in [1.29, 1.82) is 0 Å². The fourth-order valence-corrected chi connectivity index (χ4v) is 2.52. The van der Waals surface area contributed by atoms with Crippen LogP contribution in [0.4, 0.5) is 0 Å². The minimum Gasteiger partial charge on any atom is -0.348 e. The number of aromatic nitrogens is 2. The summed E-state index contributed by atoms with van der Waals surface area (Å²) >= 11 is 0. The van der Waals surface area contributed by atoms with Gasteiger partial charge in [-0.05, 0) is 25.3 Å². The van der Waals surface area contributed by atoms with Gasteiger partial charge < -0.3 is 16.0 Å². The first-order valence-electron chi connectivity index (χ1n) is 6.44. The highest BCUT2D eigenvalue weighted by molar-refractivity contribution is 5.92. The Balaban J connectivity index is 2.11. The maximum Gasteiger partial charge on any atom is 0.326 e. The van der Waals surface area contributed by atoms with Crippen LogP contribution in [-0.2, 0) is 0 Å². The molecule has 1 heterocycles. The van der Waals surface area contributed by atoms with E-state index in [0.29, 0.717) is 6.54 Å². The highest BCUT2D eigenvalue weighted by Crippen LogP contribution is 2.23. The molecule has 1 aromatic rings. The number of H-pyrrole nitrogens is 2. The van der Waals surface area contributed by atoms with Crippen molar-refractivity contribution in [3.05, 3.63) is 32.6 Å². The summed E-state index contributed by atoms with van der Waals surface area (Å²) in [5.41, 5.74) is 4.40. The van der Waals surface area contributed by atoms with E-state index in [4.69, 9.17) is 5.73 Å². The molecule has 2 atom stereocenters. The van der Waals surface area contributed by atoms with Gasteiger partial charge in [-0.15, -0.1) is 0 Å². The number of nitrogens with one attached hydrogen (secondary N) is 3. The predicted octanol–water partition coefficient (Wildman–Crippen LogP) is -0.689. The fourth-order valence-electron chi connectivity index (χ4n) is 2.52. The molecule has 19 heavy (non-hydrogen) atoms. The second kappa shape index (κ2) is 5.83. The van der Waals surface area contributed by atoms with Crippen LogP contribution in [0.1, 0.15) is 36.2 Å². The van der Waals surface area contributed by atoms with Gasteiger partial charge in [0, 0.05) is 12.1 Å². The third-order valence-electron chi connectivity index (χ3n) is 3.53. The normalized spacial score (nSPS) is 23.0.